The van der Waals surface area contributed by atoms with Crippen LogP contribution in [0.25, 0.3) is 11.1 Å². The van der Waals surface area contributed by atoms with Crippen molar-refractivity contribution < 1.29 is 28.7 Å². The number of halogens is 1. The number of nitrogens with one attached hydrogen (secondary N) is 4. The topological polar surface area (TPSA) is 172 Å². The van der Waals surface area contributed by atoms with E-state index in [1.54, 1.807) is 26.0 Å². The van der Waals surface area contributed by atoms with Crippen LogP contribution in [0.1, 0.15) is 49.3 Å². The first-order valence-corrected chi connectivity index (χ1v) is 18.0. The lowest BCUT2D eigenvalue weighted by molar-refractivity contribution is -0.128. The zero-order chi connectivity index (χ0) is 33.2. The molecule has 0 saturated carbocycles. The van der Waals surface area contributed by atoms with Crippen LogP contribution in [0.2, 0.25) is 0 Å². The van der Waals surface area contributed by atoms with Crippen molar-refractivity contribution in [2.75, 3.05) is 18.5 Å². The molecule has 244 valence electrons. The van der Waals surface area contributed by atoms with Crippen molar-refractivity contribution in [2.24, 2.45) is 11.7 Å². The largest absolute Gasteiger partial charge is 0.449 e. The van der Waals surface area contributed by atoms with E-state index in [-0.39, 0.29) is 31.4 Å². The Bertz CT molecular complexity index is 1530. The second-order valence-electron chi connectivity index (χ2n) is 11.5. The molecule has 0 radical (unpaired) electrons. The van der Waals surface area contributed by atoms with E-state index in [2.05, 4.69) is 56.0 Å². The van der Waals surface area contributed by atoms with Gasteiger partial charge in [0.25, 0.3) is 0 Å². The fourth-order valence-corrected chi connectivity index (χ4v) is 7.57. The van der Waals surface area contributed by atoms with Gasteiger partial charge < -0.3 is 36.5 Å². The standard InChI is InChI=1S/C33H40IN5O6Si/c1-19(2)29(39-33(43)45-18-26-24-10-5-3-8-22(24)23-9-4-6-11-25(23)26)31(41)38-27(12-7-15-36-32(35)42)30(40)37-21-14-13-20(17-34)28(16-21)46-44/h3-6,8-11,13-14,16,19,26-27,29,44H,7,12,15,17-18,46H2,1-2H3,(H,37,40)(H,38,41)(H,39,43)(H3,35,36,42)/t27-,29-/m0/s1. The summed E-state index contributed by atoms with van der Waals surface area (Å²) in [4.78, 5) is 60.9. The lowest BCUT2D eigenvalue weighted by atomic mass is 9.98. The van der Waals surface area contributed by atoms with Crippen molar-refractivity contribution in [1.29, 1.82) is 0 Å². The summed E-state index contributed by atoms with van der Waals surface area (Å²) < 4.78 is 6.40. The van der Waals surface area contributed by atoms with Gasteiger partial charge in [0, 0.05) is 22.6 Å². The summed E-state index contributed by atoms with van der Waals surface area (Å²) in [5.41, 5.74) is 11.0. The highest BCUT2D eigenvalue weighted by molar-refractivity contribution is 14.1. The number of nitrogens with two attached hydrogens (primary N) is 1. The fraction of sp³-hybridized carbons (Fsp3) is 0.333. The molecule has 0 unspecified atom stereocenters. The van der Waals surface area contributed by atoms with Crippen LogP contribution in [0.5, 0.6) is 0 Å². The highest BCUT2D eigenvalue weighted by Crippen LogP contribution is 2.44. The van der Waals surface area contributed by atoms with Crippen molar-refractivity contribution in [3.05, 3.63) is 83.4 Å². The second kappa shape index (κ2) is 16.6. The van der Waals surface area contributed by atoms with Gasteiger partial charge in [-0.05, 0) is 63.9 Å². The zero-order valence-corrected chi connectivity index (χ0v) is 29.4. The number of primary amides is 1. The summed E-state index contributed by atoms with van der Waals surface area (Å²) in [6, 6.07) is 18.8. The van der Waals surface area contributed by atoms with E-state index >= 15 is 0 Å². The van der Waals surface area contributed by atoms with Crippen LogP contribution in [0.4, 0.5) is 15.3 Å². The van der Waals surface area contributed by atoms with Gasteiger partial charge in [-0.3, -0.25) is 9.59 Å². The molecule has 1 aliphatic carbocycles. The van der Waals surface area contributed by atoms with Crippen LogP contribution in [-0.4, -0.2) is 63.7 Å². The maximum absolute atomic E-state index is 13.5. The Kier molecular flexibility index (Phi) is 12.6. The number of hydrogen-bond acceptors (Lipinski definition) is 6. The summed E-state index contributed by atoms with van der Waals surface area (Å²) in [6.45, 7) is 3.88. The molecule has 0 bridgehead atoms. The molecule has 3 aromatic rings. The summed E-state index contributed by atoms with van der Waals surface area (Å²) in [5, 5.41) is 11.6. The second-order valence-corrected chi connectivity index (χ2v) is 13.3. The molecular weight excluding hydrogens is 717 g/mol. The van der Waals surface area contributed by atoms with Gasteiger partial charge in [-0.25, -0.2) is 9.59 Å². The number of carbonyl (C=O) groups excluding carboxylic acids is 4. The minimum Gasteiger partial charge on any atom is -0.449 e. The molecule has 3 aromatic carbocycles. The number of ether oxygens (including phenoxy) is 1. The Hall–Kier alpha value is -3.95. The molecule has 4 rings (SSSR count). The van der Waals surface area contributed by atoms with Crippen LogP contribution in [0, 0.1) is 5.92 Å². The van der Waals surface area contributed by atoms with Crippen molar-refractivity contribution in [2.45, 2.75) is 49.1 Å². The summed E-state index contributed by atoms with van der Waals surface area (Å²) >= 11 is 2.22. The average molecular weight is 758 g/mol. The van der Waals surface area contributed by atoms with Gasteiger partial charge in [0.1, 0.15) is 18.7 Å². The van der Waals surface area contributed by atoms with E-state index in [4.69, 9.17) is 10.5 Å². The lowest BCUT2D eigenvalue weighted by Gasteiger charge is -2.25. The predicted molar refractivity (Wildman–Crippen MR) is 189 cm³/mol. The third kappa shape index (κ3) is 8.85. The minimum atomic E-state index is -1.47. The Morgan fingerprint density at radius 1 is 0.957 bits per heavy atom. The summed E-state index contributed by atoms with van der Waals surface area (Å²) in [6.07, 6.45) is -0.185. The molecule has 5 amide bonds. The lowest BCUT2D eigenvalue weighted by Crippen LogP contribution is -2.54. The van der Waals surface area contributed by atoms with Gasteiger partial charge in [-0.15, -0.1) is 0 Å². The number of carbonyl (C=O) groups is 4. The number of anilines is 1. The predicted octanol–water partition coefficient (Wildman–Crippen LogP) is 2.76. The van der Waals surface area contributed by atoms with E-state index < -0.39 is 45.8 Å². The molecule has 7 N–H and O–H groups in total. The molecule has 0 aromatic heterocycles. The smallest absolute Gasteiger partial charge is 0.407 e. The molecule has 2 atom stereocenters. The number of fused-ring (bicyclic) bond motifs is 3. The summed E-state index contributed by atoms with van der Waals surface area (Å²) in [7, 11) is -1.47. The van der Waals surface area contributed by atoms with E-state index in [1.807, 2.05) is 42.5 Å². The van der Waals surface area contributed by atoms with Crippen LogP contribution >= 0.6 is 22.6 Å². The first-order valence-electron chi connectivity index (χ1n) is 15.2. The van der Waals surface area contributed by atoms with Gasteiger partial charge in [0.15, 0.2) is 9.76 Å². The average Bonchev–Trinajstić information content (AvgIpc) is 3.37. The van der Waals surface area contributed by atoms with Crippen LogP contribution in [0.15, 0.2) is 66.7 Å². The molecule has 1 aliphatic rings. The van der Waals surface area contributed by atoms with E-state index in [9.17, 15) is 24.0 Å². The van der Waals surface area contributed by atoms with Gasteiger partial charge in [0.2, 0.25) is 11.8 Å². The zero-order valence-electron chi connectivity index (χ0n) is 25.8. The third-order valence-electron chi connectivity index (χ3n) is 7.96. The van der Waals surface area contributed by atoms with Crippen LogP contribution < -0.4 is 32.2 Å². The van der Waals surface area contributed by atoms with Gasteiger partial charge in [-0.1, -0.05) is 91.0 Å². The Morgan fingerprint density at radius 2 is 1.61 bits per heavy atom. The number of benzene rings is 3. The highest BCUT2D eigenvalue weighted by atomic mass is 127. The van der Waals surface area contributed by atoms with Gasteiger partial charge >= 0.3 is 12.1 Å². The number of alkyl carbamates (subject to hydrolysis) is 1. The van der Waals surface area contributed by atoms with E-state index in [0.29, 0.717) is 12.1 Å². The molecule has 0 aliphatic heterocycles. The normalized spacial score (nSPS) is 13.5. The Labute approximate surface area is 284 Å². The molecule has 0 fully saturated rings. The molecule has 11 nitrogen and oxygen atoms in total. The molecule has 0 heterocycles. The van der Waals surface area contributed by atoms with Gasteiger partial charge in [-0.2, -0.15) is 0 Å². The van der Waals surface area contributed by atoms with Crippen LogP contribution in [0.3, 0.4) is 0 Å². The molecule has 0 saturated heterocycles. The van der Waals surface area contributed by atoms with Crippen molar-refractivity contribution in [3.63, 3.8) is 0 Å². The number of alkyl halides is 1. The van der Waals surface area contributed by atoms with Crippen molar-refractivity contribution in [3.8, 4) is 11.1 Å². The van der Waals surface area contributed by atoms with Gasteiger partial charge in [0.05, 0.1) is 0 Å². The van der Waals surface area contributed by atoms with E-state index in [1.165, 1.54) is 0 Å². The Morgan fingerprint density at radius 3 is 2.20 bits per heavy atom. The first-order chi connectivity index (χ1) is 22.1. The number of urea groups is 1. The molecule has 13 heteroatoms. The number of hydrogen-bond donors (Lipinski definition) is 6. The molecular formula is C33H40IN5O6Si. The SMILES string of the molecule is CC(C)[C@H](NC(=O)OCC1c2ccccc2-c2ccccc21)C(=O)N[C@@H](CCCNC(N)=O)C(=O)Nc1ccc(CI)c([SiH2]O)c1. The quantitative estimate of drug-likeness (QED) is 0.0640. The maximum Gasteiger partial charge on any atom is 0.407 e. The summed E-state index contributed by atoms with van der Waals surface area (Å²) in [5.74, 6) is -1.47. The third-order valence-corrected chi connectivity index (χ3v) is 9.78. The molecule has 46 heavy (non-hydrogen) atoms. The number of amides is 5. The Balaban J connectivity index is 1.42. The minimum absolute atomic E-state index is 0.0965. The highest BCUT2D eigenvalue weighted by Gasteiger charge is 2.32. The van der Waals surface area contributed by atoms with Crippen molar-refractivity contribution >= 4 is 67.2 Å². The van der Waals surface area contributed by atoms with Crippen molar-refractivity contribution in [1.82, 2.24) is 16.0 Å². The molecule has 0 spiro atoms. The monoisotopic (exact) mass is 757 g/mol. The fourth-order valence-electron chi connectivity index (χ4n) is 5.56. The van der Waals surface area contributed by atoms with Crippen LogP contribution in [-0.2, 0) is 18.8 Å². The first kappa shape index (κ1) is 34.9. The maximum atomic E-state index is 13.5. The number of rotatable bonds is 14. The van der Waals surface area contributed by atoms with E-state index in [0.717, 1.165) is 37.4 Å².